The SMILES string of the molecule is C[C@]12CCCCC1CC[C@@H]1[C@@H]2CC[C@]2(C)C(c3coc(=O)c4c3O4)CC[C@@H]12. The second-order valence-corrected chi connectivity index (χ2v) is 10.8. The summed E-state index contributed by atoms with van der Waals surface area (Å²) in [5.74, 6) is 5.50. The lowest BCUT2D eigenvalue weighted by atomic mass is 9.45. The van der Waals surface area contributed by atoms with Gasteiger partial charge in [-0.3, -0.25) is 0 Å². The van der Waals surface area contributed by atoms with Gasteiger partial charge in [-0.1, -0.05) is 26.7 Å². The van der Waals surface area contributed by atoms with Gasteiger partial charge in [0.25, 0.3) is 5.75 Å². The molecule has 0 radical (unpaired) electrons. The zero-order chi connectivity index (χ0) is 18.4. The fraction of sp³-hybridized carbons (Fsp3) is 0.792. The van der Waals surface area contributed by atoms with Crippen molar-refractivity contribution in [1.29, 1.82) is 0 Å². The van der Waals surface area contributed by atoms with Gasteiger partial charge >= 0.3 is 5.63 Å². The van der Waals surface area contributed by atoms with E-state index in [1.165, 1.54) is 69.8 Å². The minimum atomic E-state index is -0.305. The minimum Gasteiger partial charge on any atom is -0.441 e. The van der Waals surface area contributed by atoms with E-state index in [0.717, 1.165) is 29.4 Å². The molecule has 2 heterocycles. The van der Waals surface area contributed by atoms with E-state index in [4.69, 9.17) is 9.15 Å². The average molecular weight is 369 g/mol. The van der Waals surface area contributed by atoms with Gasteiger partial charge in [0.15, 0.2) is 5.75 Å². The Balaban J connectivity index is 1.33. The van der Waals surface area contributed by atoms with Crippen LogP contribution in [0.4, 0.5) is 0 Å². The van der Waals surface area contributed by atoms with Crippen LogP contribution in [0, 0.1) is 34.5 Å². The lowest BCUT2D eigenvalue weighted by Crippen LogP contribution is -2.52. The Hall–Kier alpha value is -1.25. The first-order valence-corrected chi connectivity index (χ1v) is 11.4. The average Bonchev–Trinajstić information content (AvgIpc) is 3.39. The predicted molar refractivity (Wildman–Crippen MR) is 104 cm³/mol. The number of ether oxygens (including phenoxy) is 1. The number of hydrogen-bond acceptors (Lipinski definition) is 3. The summed E-state index contributed by atoms with van der Waals surface area (Å²) in [7, 11) is 0. The number of fused-ring (bicyclic) bond motifs is 6. The molecular weight excluding hydrogens is 336 g/mol. The molecular formula is C24H32O3. The summed E-state index contributed by atoms with van der Waals surface area (Å²) < 4.78 is 10.8. The van der Waals surface area contributed by atoms with Crippen molar-refractivity contribution in [2.75, 3.05) is 0 Å². The molecule has 1 aromatic heterocycles. The Morgan fingerprint density at radius 1 is 0.889 bits per heavy atom. The van der Waals surface area contributed by atoms with E-state index in [-0.39, 0.29) is 5.63 Å². The van der Waals surface area contributed by atoms with Crippen LogP contribution >= 0.6 is 0 Å². The molecule has 27 heavy (non-hydrogen) atoms. The Kier molecular flexibility index (Phi) is 3.35. The van der Waals surface area contributed by atoms with Crippen LogP contribution in [-0.2, 0) is 0 Å². The van der Waals surface area contributed by atoms with E-state index in [9.17, 15) is 4.79 Å². The Morgan fingerprint density at radius 3 is 2.63 bits per heavy atom. The molecule has 0 saturated heterocycles. The molecule has 7 atom stereocenters. The van der Waals surface area contributed by atoms with Gasteiger partial charge < -0.3 is 9.15 Å². The van der Waals surface area contributed by atoms with Crippen LogP contribution in [0.15, 0.2) is 15.5 Å². The molecule has 6 rings (SSSR count). The van der Waals surface area contributed by atoms with Crippen molar-refractivity contribution >= 4 is 0 Å². The van der Waals surface area contributed by atoms with Crippen LogP contribution in [-0.4, -0.2) is 0 Å². The Morgan fingerprint density at radius 2 is 1.74 bits per heavy atom. The van der Waals surface area contributed by atoms with E-state index >= 15 is 0 Å². The van der Waals surface area contributed by atoms with Crippen LogP contribution in [0.2, 0.25) is 0 Å². The lowest BCUT2D eigenvalue weighted by molar-refractivity contribution is -0.106. The standard InChI is InChI=1S/C24H32O3/c1-23-11-4-3-5-14(23)6-7-15-17-8-9-18(24(17,2)12-10-19(15)23)16-13-26-22(25)21-20(16)27-21/h13-15,17-19H,3-12H2,1-2H3/t14?,15-,17-,18?,19-,23-,24-/m0/s1. The summed E-state index contributed by atoms with van der Waals surface area (Å²) in [5, 5.41) is 0. The zero-order valence-corrected chi connectivity index (χ0v) is 16.8. The van der Waals surface area contributed by atoms with Crippen molar-refractivity contribution in [3.05, 3.63) is 22.2 Å². The third-order valence-electron chi connectivity index (χ3n) is 10.1. The van der Waals surface area contributed by atoms with Crippen molar-refractivity contribution in [2.24, 2.45) is 34.5 Å². The fourth-order valence-electron chi connectivity index (χ4n) is 8.67. The van der Waals surface area contributed by atoms with E-state index in [1.807, 2.05) is 0 Å². The van der Waals surface area contributed by atoms with Gasteiger partial charge in [-0.15, -0.1) is 0 Å². The zero-order valence-electron chi connectivity index (χ0n) is 16.8. The first kappa shape index (κ1) is 16.7. The van der Waals surface area contributed by atoms with Crippen molar-refractivity contribution < 1.29 is 9.15 Å². The molecule has 146 valence electrons. The van der Waals surface area contributed by atoms with Crippen molar-refractivity contribution in [3.63, 3.8) is 0 Å². The number of rotatable bonds is 1. The molecule has 0 bridgehead atoms. The molecule has 4 fully saturated rings. The topological polar surface area (TPSA) is 42.7 Å². The summed E-state index contributed by atoms with van der Waals surface area (Å²) in [6, 6.07) is 0. The van der Waals surface area contributed by atoms with Crippen molar-refractivity contribution in [2.45, 2.75) is 84.0 Å². The first-order chi connectivity index (χ1) is 13.0. The highest BCUT2D eigenvalue weighted by molar-refractivity contribution is 5.58. The van der Waals surface area contributed by atoms with Gasteiger partial charge in [0.05, 0.1) is 0 Å². The summed E-state index contributed by atoms with van der Waals surface area (Å²) in [6.07, 6.45) is 15.8. The first-order valence-electron chi connectivity index (χ1n) is 11.4. The highest BCUT2D eigenvalue weighted by atomic mass is 16.6. The molecule has 1 aromatic rings. The van der Waals surface area contributed by atoms with Gasteiger partial charge in [-0.2, -0.15) is 0 Å². The van der Waals surface area contributed by atoms with Gasteiger partial charge in [-0.05, 0) is 91.8 Å². The summed E-state index contributed by atoms with van der Waals surface area (Å²) in [6.45, 7) is 5.20. The third-order valence-corrected chi connectivity index (χ3v) is 10.1. The van der Waals surface area contributed by atoms with Gasteiger partial charge in [0, 0.05) is 5.56 Å². The smallest absolute Gasteiger partial charge is 0.383 e. The Bertz CT molecular complexity index is 841. The quantitative estimate of drug-likeness (QED) is 0.558. The Labute approximate surface area is 161 Å². The van der Waals surface area contributed by atoms with Gasteiger partial charge in [0.1, 0.15) is 6.26 Å². The van der Waals surface area contributed by atoms with Gasteiger partial charge in [-0.25, -0.2) is 4.79 Å². The molecule has 0 aromatic carbocycles. The fourth-order valence-corrected chi connectivity index (χ4v) is 8.67. The van der Waals surface area contributed by atoms with Gasteiger partial charge in [0.2, 0.25) is 0 Å². The van der Waals surface area contributed by atoms with Crippen molar-refractivity contribution in [3.8, 4) is 11.5 Å². The highest BCUT2D eigenvalue weighted by Crippen LogP contribution is 2.70. The second-order valence-electron chi connectivity index (χ2n) is 10.8. The highest BCUT2D eigenvalue weighted by Gasteiger charge is 2.60. The summed E-state index contributed by atoms with van der Waals surface area (Å²) in [4.78, 5) is 11.7. The molecule has 5 aliphatic rings. The molecule has 0 N–H and O–H groups in total. The maximum Gasteiger partial charge on any atom is 0.383 e. The van der Waals surface area contributed by atoms with E-state index in [2.05, 4.69) is 13.8 Å². The van der Waals surface area contributed by atoms with Crippen LogP contribution in [0.1, 0.15) is 89.5 Å². The maximum atomic E-state index is 11.7. The van der Waals surface area contributed by atoms with Crippen LogP contribution in [0.3, 0.4) is 0 Å². The van der Waals surface area contributed by atoms with Crippen LogP contribution in [0.25, 0.3) is 0 Å². The van der Waals surface area contributed by atoms with Crippen LogP contribution in [0.5, 0.6) is 11.5 Å². The second kappa shape index (κ2) is 5.42. The van der Waals surface area contributed by atoms with Crippen LogP contribution < -0.4 is 10.4 Å². The molecule has 4 aliphatic carbocycles. The minimum absolute atomic E-state index is 0.305. The molecule has 2 unspecified atom stereocenters. The predicted octanol–water partition coefficient (Wildman–Crippen LogP) is 6.26. The van der Waals surface area contributed by atoms with E-state index in [1.54, 1.807) is 6.26 Å². The van der Waals surface area contributed by atoms with E-state index < -0.39 is 0 Å². The monoisotopic (exact) mass is 368 g/mol. The third kappa shape index (κ3) is 2.12. The molecule has 3 nitrogen and oxygen atoms in total. The normalized spacial score (nSPS) is 47.3. The molecule has 4 saturated carbocycles. The largest absolute Gasteiger partial charge is 0.441 e. The lowest BCUT2D eigenvalue weighted by Gasteiger charge is -2.60. The molecule has 0 spiro atoms. The molecule has 0 amide bonds. The summed E-state index contributed by atoms with van der Waals surface area (Å²) >= 11 is 0. The molecule has 1 aliphatic heterocycles. The van der Waals surface area contributed by atoms with E-state index in [0.29, 0.717) is 22.5 Å². The molecule has 3 heteroatoms. The maximum absolute atomic E-state index is 11.7. The van der Waals surface area contributed by atoms with Crippen molar-refractivity contribution in [1.82, 2.24) is 0 Å². The number of hydrogen-bond donors (Lipinski definition) is 0. The summed E-state index contributed by atoms with van der Waals surface area (Å²) in [5.41, 5.74) is 1.83.